The van der Waals surface area contributed by atoms with Crippen LogP contribution in [0.2, 0.25) is 0 Å². The van der Waals surface area contributed by atoms with Gasteiger partial charge in [-0.15, -0.1) is 0 Å². The Kier molecular flexibility index (Phi) is 3.98. The number of halogens is 2. The van der Waals surface area contributed by atoms with E-state index in [9.17, 15) is 13.6 Å². The van der Waals surface area contributed by atoms with E-state index >= 15 is 0 Å². The Hall–Kier alpha value is -2.43. The molecule has 0 unspecified atom stereocenters. The van der Waals surface area contributed by atoms with Crippen molar-refractivity contribution in [2.24, 2.45) is 0 Å². The lowest BCUT2D eigenvalue weighted by atomic mass is 10.1. The van der Waals surface area contributed by atoms with Gasteiger partial charge in [-0.1, -0.05) is 29.8 Å². The van der Waals surface area contributed by atoms with Crippen LogP contribution in [0.15, 0.2) is 36.4 Å². The molecule has 3 N–H and O–H groups in total. The summed E-state index contributed by atoms with van der Waals surface area (Å²) in [6.07, 6.45) is 0. The average molecular weight is 276 g/mol. The number of anilines is 1. The predicted octanol–water partition coefficient (Wildman–Crippen LogP) is 2.79. The van der Waals surface area contributed by atoms with Gasteiger partial charge in [-0.25, -0.2) is 8.78 Å². The quantitative estimate of drug-likeness (QED) is 0.847. The highest BCUT2D eigenvalue weighted by Crippen LogP contribution is 2.16. The van der Waals surface area contributed by atoms with Crippen LogP contribution in [0.4, 0.5) is 14.5 Å². The first kappa shape index (κ1) is 14.0. The number of carbonyl (C=O) groups excluding carboxylic acids is 1. The van der Waals surface area contributed by atoms with Gasteiger partial charge in [-0.05, 0) is 18.6 Å². The zero-order chi connectivity index (χ0) is 14.7. The van der Waals surface area contributed by atoms with Gasteiger partial charge in [0.25, 0.3) is 5.91 Å². The van der Waals surface area contributed by atoms with Gasteiger partial charge in [-0.2, -0.15) is 0 Å². The second kappa shape index (κ2) is 5.69. The fourth-order valence-electron chi connectivity index (χ4n) is 1.72. The summed E-state index contributed by atoms with van der Waals surface area (Å²) in [6, 6.07) is 9.16. The molecule has 0 aromatic heterocycles. The minimum Gasteiger partial charge on any atom is -0.396 e. The van der Waals surface area contributed by atoms with E-state index in [1.165, 1.54) is 0 Å². The van der Waals surface area contributed by atoms with E-state index in [1.54, 1.807) is 0 Å². The van der Waals surface area contributed by atoms with Crippen molar-refractivity contribution in [2.45, 2.75) is 13.5 Å². The number of nitrogens with two attached hydrogens (primary N) is 1. The molecule has 5 heteroatoms. The Balaban J connectivity index is 2.09. The summed E-state index contributed by atoms with van der Waals surface area (Å²) < 4.78 is 26.5. The van der Waals surface area contributed by atoms with Gasteiger partial charge in [0.1, 0.15) is 11.6 Å². The van der Waals surface area contributed by atoms with Crippen LogP contribution in [0.25, 0.3) is 0 Å². The van der Waals surface area contributed by atoms with Gasteiger partial charge in [-0.3, -0.25) is 4.79 Å². The topological polar surface area (TPSA) is 55.1 Å². The molecule has 3 nitrogen and oxygen atoms in total. The zero-order valence-electron chi connectivity index (χ0n) is 10.9. The number of hydrogen-bond donors (Lipinski definition) is 2. The maximum Gasteiger partial charge on any atom is 0.254 e. The third-order valence-corrected chi connectivity index (χ3v) is 2.90. The summed E-state index contributed by atoms with van der Waals surface area (Å²) in [6.45, 7) is 2.22. The molecule has 2 rings (SSSR count). The lowest BCUT2D eigenvalue weighted by molar-refractivity contribution is 0.0947. The highest BCUT2D eigenvalue weighted by Gasteiger charge is 2.14. The van der Waals surface area contributed by atoms with Crippen LogP contribution in [0.3, 0.4) is 0 Å². The Labute approximate surface area is 115 Å². The zero-order valence-corrected chi connectivity index (χ0v) is 10.9. The molecule has 0 radical (unpaired) electrons. The Morgan fingerprint density at radius 2 is 1.80 bits per heavy atom. The van der Waals surface area contributed by atoms with E-state index in [-0.39, 0.29) is 17.8 Å². The number of rotatable bonds is 3. The van der Waals surface area contributed by atoms with Crippen LogP contribution >= 0.6 is 0 Å². The second-order valence-electron chi connectivity index (χ2n) is 4.52. The maximum atomic E-state index is 13.5. The van der Waals surface area contributed by atoms with Crippen LogP contribution in [-0.2, 0) is 6.54 Å². The molecule has 0 spiro atoms. The van der Waals surface area contributed by atoms with Crippen molar-refractivity contribution in [3.8, 4) is 0 Å². The third-order valence-electron chi connectivity index (χ3n) is 2.90. The fourth-order valence-corrected chi connectivity index (χ4v) is 1.72. The molecule has 2 aromatic carbocycles. The van der Waals surface area contributed by atoms with Crippen molar-refractivity contribution in [1.29, 1.82) is 0 Å². The lowest BCUT2D eigenvalue weighted by Gasteiger charge is -2.08. The largest absolute Gasteiger partial charge is 0.396 e. The van der Waals surface area contributed by atoms with E-state index in [2.05, 4.69) is 5.32 Å². The van der Waals surface area contributed by atoms with Crippen molar-refractivity contribution in [3.05, 3.63) is 64.7 Å². The molecule has 0 saturated heterocycles. The van der Waals surface area contributed by atoms with Crippen molar-refractivity contribution < 1.29 is 13.6 Å². The van der Waals surface area contributed by atoms with Crippen molar-refractivity contribution in [3.63, 3.8) is 0 Å². The number of hydrogen-bond acceptors (Lipinski definition) is 2. The molecule has 0 fully saturated rings. The molecule has 0 aliphatic carbocycles. The smallest absolute Gasteiger partial charge is 0.254 e. The SMILES string of the molecule is Cc1ccc(CNC(=O)c2cc(N)c(F)cc2F)cc1. The number of aryl methyl sites for hydroxylation is 1. The first-order valence-corrected chi connectivity index (χ1v) is 6.05. The summed E-state index contributed by atoms with van der Waals surface area (Å²) in [4.78, 5) is 11.8. The van der Waals surface area contributed by atoms with Crippen molar-refractivity contribution >= 4 is 11.6 Å². The van der Waals surface area contributed by atoms with Gasteiger partial charge in [0.05, 0.1) is 11.3 Å². The fraction of sp³-hybridized carbons (Fsp3) is 0.133. The highest BCUT2D eigenvalue weighted by atomic mass is 19.1. The number of carbonyl (C=O) groups is 1. The van der Waals surface area contributed by atoms with Gasteiger partial charge < -0.3 is 11.1 Å². The summed E-state index contributed by atoms with van der Waals surface area (Å²) in [5.41, 5.74) is 6.80. The number of nitrogen functional groups attached to an aromatic ring is 1. The molecular weight excluding hydrogens is 262 g/mol. The second-order valence-corrected chi connectivity index (χ2v) is 4.52. The molecule has 2 aromatic rings. The Bertz CT molecular complexity index is 639. The molecule has 0 aliphatic rings. The average Bonchev–Trinajstić information content (AvgIpc) is 2.42. The summed E-state index contributed by atoms with van der Waals surface area (Å²) in [5.74, 6) is -2.44. The number of amides is 1. The van der Waals surface area contributed by atoms with Crippen LogP contribution in [0, 0.1) is 18.6 Å². The van der Waals surface area contributed by atoms with Gasteiger partial charge >= 0.3 is 0 Å². The predicted molar refractivity (Wildman–Crippen MR) is 73.1 cm³/mol. The minimum atomic E-state index is -0.932. The van der Waals surface area contributed by atoms with E-state index in [1.807, 2.05) is 31.2 Å². The van der Waals surface area contributed by atoms with Gasteiger partial charge in [0, 0.05) is 12.6 Å². The summed E-state index contributed by atoms with van der Waals surface area (Å²) in [7, 11) is 0. The van der Waals surface area contributed by atoms with Crippen LogP contribution in [-0.4, -0.2) is 5.91 Å². The van der Waals surface area contributed by atoms with E-state index < -0.39 is 17.5 Å². The van der Waals surface area contributed by atoms with E-state index in [4.69, 9.17) is 5.73 Å². The number of benzene rings is 2. The van der Waals surface area contributed by atoms with E-state index in [0.717, 1.165) is 17.2 Å². The number of nitrogens with one attached hydrogen (secondary N) is 1. The highest BCUT2D eigenvalue weighted by molar-refractivity contribution is 5.95. The first-order valence-electron chi connectivity index (χ1n) is 6.05. The third kappa shape index (κ3) is 3.12. The summed E-state index contributed by atoms with van der Waals surface area (Å²) in [5, 5.41) is 2.57. The molecule has 1 amide bonds. The molecular formula is C15H14F2N2O. The maximum absolute atomic E-state index is 13.5. The van der Waals surface area contributed by atoms with Gasteiger partial charge in [0.15, 0.2) is 0 Å². The van der Waals surface area contributed by atoms with Crippen LogP contribution in [0.1, 0.15) is 21.5 Å². The molecule has 20 heavy (non-hydrogen) atoms. The molecule has 0 aliphatic heterocycles. The molecule has 0 saturated carbocycles. The Morgan fingerprint density at radius 3 is 2.45 bits per heavy atom. The summed E-state index contributed by atoms with van der Waals surface area (Å²) >= 11 is 0. The van der Waals surface area contributed by atoms with Gasteiger partial charge in [0.2, 0.25) is 0 Å². The molecule has 104 valence electrons. The standard InChI is InChI=1S/C15H14F2N2O/c1-9-2-4-10(5-3-9)8-19-15(20)11-6-14(18)13(17)7-12(11)16/h2-7H,8,18H2,1H3,(H,19,20). The lowest BCUT2D eigenvalue weighted by Crippen LogP contribution is -2.24. The normalized spacial score (nSPS) is 10.3. The monoisotopic (exact) mass is 276 g/mol. The molecule has 0 bridgehead atoms. The Morgan fingerprint density at radius 1 is 1.15 bits per heavy atom. The van der Waals surface area contributed by atoms with Crippen LogP contribution < -0.4 is 11.1 Å². The minimum absolute atomic E-state index is 0.258. The first-order chi connectivity index (χ1) is 9.47. The molecule has 0 atom stereocenters. The van der Waals surface area contributed by atoms with Crippen molar-refractivity contribution in [2.75, 3.05) is 5.73 Å². The molecule has 0 heterocycles. The van der Waals surface area contributed by atoms with Crippen molar-refractivity contribution in [1.82, 2.24) is 5.32 Å². The van der Waals surface area contributed by atoms with E-state index in [0.29, 0.717) is 6.07 Å². The van der Waals surface area contributed by atoms with Crippen LogP contribution in [0.5, 0.6) is 0 Å².